The van der Waals surface area contributed by atoms with Crippen LogP contribution in [-0.4, -0.2) is 35.1 Å². The van der Waals surface area contributed by atoms with Crippen LogP contribution < -0.4 is 4.74 Å². The number of nitrogens with zero attached hydrogens (tertiary/aromatic N) is 1. The van der Waals surface area contributed by atoms with Crippen molar-refractivity contribution in [3.63, 3.8) is 0 Å². The molecule has 7 heteroatoms. The normalized spacial score (nSPS) is 11.5. The minimum absolute atomic E-state index is 0.0628. The van der Waals surface area contributed by atoms with Gasteiger partial charge in [0.25, 0.3) is 5.78 Å². The molecule has 0 saturated heterocycles. The fourth-order valence-corrected chi connectivity index (χ4v) is 3.07. The van der Waals surface area contributed by atoms with E-state index in [2.05, 4.69) is 4.74 Å². The second-order valence-electron chi connectivity index (χ2n) is 6.27. The van der Waals surface area contributed by atoms with Crippen molar-refractivity contribution in [3.05, 3.63) is 71.7 Å². The summed E-state index contributed by atoms with van der Waals surface area (Å²) in [7, 11) is 1.53. The largest absolute Gasteiger partial charge is 0.507 e. The van der Waals surface area contributed by atoms with Gasteiger partial charge in [-0.2, -0.15) is 0 Å². The molecule has 0 saturated carbocycles. The van der Waals surface area contributed by atoms with Crippen LogP contribution in [0.3, 0.4) is 0 Å². The maximum atomic E-state index is 13.2. The molecule has 2 aromatic carbocycles. The van der Waals surface area contributed by atoms with Crippen molar-refractivity contribution >= 4 is 28.4 Å². The SMILES string of the molecule is CCOC(=O)C(=O)C=C(O)c1cn(Cc2ccc(F)cc2)c2c(OC)cccc12. The quantitative estimate of drug-likeness (QED) is 0.283. The summed E-state index contributed by atoms with van der Waals surface area (Å²) in [6, 6.07) is 11.4. The molecule has 0 spiro atoms. The summed E-state index contributed by atoms with van der Waals surface area (Å²) < 4.78 is 25.1. The number of ether oxygens (including phenoxy) is 2. The second-order valence-corrected chi connectivity index (χ2v) is 6.27. The van der Waals surface area contributed by atoms with Crippen LogP contribution in [0.1, 0.15) is 18.1 Å². The summed E-state index contributed by atoms with van der Waals surface area (Å²) in [5.41, 5.74) is 1.89. The highest BCUT2D eigenvalue weighted by molar-refractivity contribution is 6.39. The average Bonchev–Trinajstić information content (AvgIpc) is 3.08. The molecule has 0 aliphatic carbocycles. The Morgan fingerprint density at radius 1 is 1.17 bits per heavy atom. The standard InChI is InChI=1S/C22H20FNO5/c1-3-29-22(27)19(26)11-18(25)17-13-24(12-14-7-9-15(23)10-8-14)21-16(17)5-4-6-20(21)28-2/h4-11,13,25H,3,12H2,1-2H3. The summed E-state index contributed by atoms with van der Waals surface area (Å²) in [6.45, 7) is 2.04. The lowest BCUT2D eigenvalue weighted by atomic mass is 10.1. The molecule has 150 valence electrons. The van der Waals surface area contributed by atoms with Gasteiger partial charge in [-0.3, -0.25) is 4.79 Å². The number of aliphatic hydroxyl groups excluding tert-OH is 1. The zero-order valence-corrected chi connectivity index (χ0v) is 16.0. The molecule has 3 aromatic rings. The topological polar surface area (TPSA) is 77.8 Å². The molecule has 0 aliphatic rings. The van der Waals surface area contributed by atoms with Crippen LogP contribution in [0.5, 0.6) is 5.75 Å². The monoisotopic (exact) mass is 397 g/mol. The van der Waals surface area contributed by atoms with E-state index in [1.165, 1.54) is 19.2 Å². The number of esters is 1. The van der Waals surface area contributed by atoms with Crippen molar-refractivity contribution in [3.8, 4) is 5.75 Å². The second kappa shape index (κ2) is 8.60. The van der Waals surface area contributed by atoms with Crippen molar-refractivity contribution in [1.82, 2.24) is 4.57 Å². The van der Waals surface area contributed by atoms with Gasteiger partial charge in [-0.15, -0.1) is 0 Å². The van der Waals surface area contributed by atoms with E-state index in [0.29, 0.717) is 28.8 Å². The van der Waals surface area contributed by atoms with Gasteiger partial charge in [0.05, 0.1) is 19.2 Å². The van der Waals surface area contributed by atoms with Crippen LogP contribution in [0, 0.1) is 5.82 Å². The minimum Gasteiger partial charge on any atom is -0.507 e. The van der Waals surface area contributed by atoms with Gasteiger partial charge >= 0.3 is 5.97 Å². The summed E-state index contributed by atoms with van der Waals surface area (Å²) in [4.78, 5) is 23.5. The van der Waals surface area contributed by atoms with Crippen LogP contribution in [0.4, 0.5) is 4.39 Å². The van der Waals surface area contributed by atoms with Gasteiger partial charge in [0.15, 0.2) is 0 Å². The van der Waals surface area contributed by atoms with E-state index in [9.17, 15) is 19.1 Å². The van der Waals surface area contributed by atoms with Gasteiger partial charge in [0.1, 0.15) is 17.3 Å². The fraction of sp³-hybridized carbons (Fsp3) is 0.182. The molecule has 1 heterocycles. The van der Waals surface area contributed by atoms with E-state index in [-0.39, 0.29) is 18.2 Å². The third kappa shape index (κ3) is 4.29. The molecule has 3 rings (SSSR count). The number of ketones is 1. The number of hydrogen-bond donors (Lipinski definition) is 1. The van der Waals surface area contributed by atoms with E-state index >= 15 is 0 Å². The Kier molecular flexibility index (Phi) is 5.97. The Bertz CT molecular complexity index is 1080. The molecule has 1 aromatic heterocycles. The summed E-state index contributed by atoms with van der Waals surface area (Å²) in [6.07, 6.45) is 2.50. The van der Waals surface area contributed by atoms with Crippen molar-refractivity contribution in [2.45, 2.75) is 13.5 Å². The number of hydrogen-bond acceptors (Lipinski definition) is 5. The molecular formula is C22H20FNO5. The molecule has 0 fully saturated rings. The number of carbonyl (C=O) groups excluding carboxylic acids is 2. The molecule has 1 N–H and O–H groups in total. The zero-order chi connectivity index (χ0) is 21.0. The summed E-state index contributed by atoms with van der Waals surface area (Å²) in [5, 5.41) is 11.2. The maximum absolute atomic E-state index is 13.2. The number of benzene rings is 2. The highest BCUT2D eigenvalue weighted by Gasteiger charge is 2.19. The Morgan fingerprint density at radius 2 is 1.90 bits per heavy atom. The fourth-order valence-electron chi connectivity index (χ4n) is 3.07. The maximum Gasteiger partial charge on any atom is 0.379 e. The van der Waals surface area contributed by atoms with Crippen molar-refractivity contribution in [2.24, 2.45) is 0 Å². The first kappa shape index (κ1) is 20.1. The van der Waals surface area contributed by atoms with Crippen LogP contribution in [0.15, 0.2) is 54.7 Å². The number of aliphatic hydroxyl groups is 1. The van der Waals surface area contributed by atoms with Gasteiger partial charge in [-0.05, 0) is 30.7 Å². The lowest BCUT2D eigenvalue weighted by Gasteiger charge is -2.09. The number of rotatable bonds is 7. The predicted molar refractivity (Wildman–Crippen MR) is 106 cm³/mol. The van der Waals surface area contributed by atoms with Crippen LogP contribution in [0.2, 0.25) is 0 Å². The molecule has 0 radical (unpaired) electrons. The molecule has 0 atom stereocenters. The van der Waals surface area contributed by atoms with Crippen molar-refractivity contribution in [1.29, 1.82) is 0 Å². The van der Waals surface area contributed by atoms with Crippen LogP contribution >= 0.6 is 0 Å². The number of halogens is 1. The molecule has 0 unspecified atom stereocenters. The van der Waals surface area contributed by atoms with Crippen molar-refractivity contribution in [2.75, 3.05) is 13.7 Å². The predicted octanol–water partition coefficient (Wildman–Crippen LogP) is 3.87. The van der Waals surface area contributed by atoms with Crippen LogP contribution in [-0.2, 0) is 20.9 Å². The third-order valence-electron chi connectivity index (χ3n) is 4.37. The molecule has 29 heavy (non-hydrogen) atoms. The Labute approximate surface area is 166 Å². The number of para-hydroxylation sites is 1. The average molecular weight is 397 g/mol. The number of fused-ring (bicyclic) bond motifs is 1. The molecule has 0 bridgehead atoms. The first-order valence-electron chi connectivity index (χ1n) is 8.97. The first-order valence-corrected chi connectivity index (χ1v) is 8.97. The molecule has 0 aliphatic heterocycles. The lowest BCUT2D eigenvalue weighted by Crippen LogP contribution is -2.15. The first-order chi connectivity index (χ1) is 13.9. The highest BCUT2D eigenvalue weighted by Crippen LogP contribution is 2.33. The van der Waals surface area contributed by atoms with E-state index in [4.69, 9.17) is 4.74 Å². The van der Waals surface area contributed by atoms with E-state index in [0.717, 1.165) is 11.6 Å². The smallest absolute Gasteiger partial charge is 0.379 e. The van der Waals surface area contributed by atoms with E-state index in [1.54, 1.807) is 43.5 Å². The number of methoxy groups -OCH3 is 1. The van der Waals surface area contributed by atoms with Crippen molar-refractivity contribution < 1.29 is 28.6 Å². The molecule has 6 nitrogen and oxygen atoms in total. The minimum atomic E-state index is -1.04. The van der Waals surface area contributed by atoms with Gasteiger partial charge in [0.2, 0.25) is 0 Å². The number of aromatic nitrogens is 1. The van der Waals surface area contributed by atoms with E-state index in [1.807, 2.05) is 4.57 Å². The Hall–Kier alpha value is -3.61. The zero-order valence-electron chi connectivity index (χ0n) is 16.0. The van der Waals surface area contributed by atoms with Gasteiger partial charge in [-0.25, -0.2) is 9.18 Å². The lowest BCUT2D eigenvalue weighted by molar-refractivity contribution is -0.151. The Balaban J connectivity index is 2.07. The highest BCUT2D eigenvalue weighted by atomic mass is 19.1. The molecular weight excluding hydrogens is 377 g/mol. The number of carbonyl (C=O) groups is 2. The summed E-state index contributed by atoms with van der Waals surface area (Å²) in [5.74, 6) is -2.11. The van der Waals surface area contributed by atoms with E-state index < -0.39 is 11.8 Å². The summed E-state index contributed by atoms with van der Waals surface area (Å²) >= 11 is 0. The Morgan fingerprint density at radius 3 is 2.55 bits per heavy atom. The van der Waals surface area contributed by atoms with Gasteiger partial charge < -0.3 is 19.1 Å². The molecule has 0 amide bonds. The third-order valence-corrected chi connectivity index (χ3v) is 4.37. The van der Waals surface area contributed by atoms with Gasteiger partial charge in [0, 0.05) is 29.8 Å². The van der Waals surface area contributed by atoms with Crippen LogP contribution in [0.25, 0.3) is 16.7 Å². The van der Waals surface area contributed by atoms with Gasteiger partial charge in [-0.1, -0.05) is 24.3 Å².